The minimum absolute atomic E-state index is 0.117. The first-order valence-electron chi connectivity index (χ1n) is 12.9. The first kappa shape index (κ1) is 26.7. The Morgan fingerprint density at radius 3 is 2.41 bits per heavy atom. The monoisotopic (exact) mass is 507 g/mol. The van der Waals surface area contributed by atoms with Gasteiger partial charge in [-0.2, -0.15) is 0 Å². The molecule has 1 amide bonds. The molecule has 4 rings (SSSR count). The van der Waals surface area contributed by atoms with Crippen molar-refractivity contribution < 1.29 is 24.2 Å². The van der Waals surface area contributed by atoms with E-state index in [9.17, 15) is 14.7 Å². The fourth-order valence-electron chi connectivity index (χ4n) is 4.81. The van der Waals surface area contributed by atoms with Crippen molar-refractivity contribution in [3.05, 3.63) is 64.7 Å². The van der Waals surface area contributed by atoms with Gasteiger partial charge in [0, 0.05) is 51.5 Å². The van der Waals surface area contributed by atoms with Crippen LogP contribution in [0.25, 0.3) is 5.76 Å². The van der Waals surface area contributed by atoms with Crippen LogP contribution in [-0.4, -0.2) is 86.7 Å². The lowest BCUT2D eigenvalue weighted by atomic mass is 9.94. The summed E-state index contributed by atoms with van der Waals surface area (Å²) in [6.45, 7) is 8.45. The lowest BCUT2D eigenvalue weighted by Crippen LogP contribution is -2.42. The Labute approximate surface area is 219 Å². The summed E-state index contributed by atoms with van der Waals surface area (Å²) in [6.07, 6.45) is 0.891. The molecule has 2 aromatic carbocycles. The number of morpholine rings is 1. The zero-order valence-electron chi connectivity index (χ0n) is 22.2. The number of Topliss-reactive ketones (excluding diaryl/α,β-unsaturated/α-hetero) is 1. The van der Waals surface area contributed by atoms with Crippen LogP contribution in [0.3, 0.4) is 0 Å². The molecule has 2 saturated heterocycles. The Balaban J connectivity index is 1.72. The topological polar surface area (TPSA) is 82.5 Å². The molecule has 2 aliphatic rings. The third-order valence-corrected chi connectivity index (χ3v) is 6.94. The van der Waals surface area contributed by atoms with Crippen molar-refractivity contribution in [2.45, 2.75) is 26.3 Å². The van der Waals surface area contributed by atoms with Crippen LogP contribution in [0, 0.1) is 6.92 Å². The maximum Gasteiger partial charge on any atom is 0.295 e. The van der Waals surface area contributed by atoms with E-state index in [4.69, 9.17) is 9.47 Å². The Morgan fingerprint density at radius 1 is 1.08 bits per heavy atom. The lowest BCUT2D eigenvalue weighted by Gasteiger charge is -2.31. The molecule has 37 heavy (non-hydrogen) atoms. The van der Waals surface area contributed by atoms with Crippen LogP contribution < -0.4 is 9.64 Å². The van der Waals surface area contributed by atoms with E-state index in [-0.39, 0.29) is 11.3 Å². The largest absolute Gasteiger partial charge is 0.507 e. The Kier molecular flexibility index (Phi) is 8.51. The van der Waals surface area contributed by atoms with E-state index in [1.165, 1.54) is 0 Å². The van der Waals surface area contributed by atoms with Crippen molar-refractivity contribution in [3.63, 3.8) is 0 Å². The highest BCUT2D eigenvalue weighted by Crippen LogP contribution is 2.40. The number of aryl methyl sites for hydroxylation is 1. The summed E-state index contributed by atoms with van der Waals surface area (Å²) < 4.78 is 11.2. The molecule has 1 atom stereocenters. The SMILES string of the molecule is CCCOc1ccc(/C(O)=C2\C(=O)C(=O)N(CCN3CCOCC3)C2c2ccc(N(C)C)cc2)cc1C. The maximum atomic E-state index is 13.4. The zero-order chi connectivity index (χ0) is 26.5. The highest BCUT2D eigenvalue weighted by Gasteiger charge is 2.46. The first-order chi connectivity index (χ1) is 17.8. The quantitative estimate of drug-likeness (QED) is 0.315. The molecule has 0 radical (unpaired) electrons. The number of aliphatic hydroxyl groups excluding tert-OH is 1. The van der Waals surface area contributed by atoms with Gasteiger partial charge in [-0.25, -0.2) is 0 Å². The highest BCUT2D eigenvalue weighted by molar-refractivity contribution is 6.46. The number of nitrogens with zero attached hydrogens (tertiary/aromatic N) is 3. The zero-order valence-corrected chi connectivity index (χ0v) is 22.2. The van der Waals surface area contributed by atoms with Gasteiger partial charge < -0.3 is 24.4 Å². The Morgan fingerprint density at radius 2 is 1.78 bits per heavy atom. The molecule has 0 bridgehead atoms. The number of benzene rings is 2. The van der Waals surface area contributed by atoms with Crippen LogP contribution in [0.5, 0.6) is 5.75 Å². The third kappa shape index (κ3) is 5.81. The molecule has 1 N–H and O–H groups in total. The van der Waals surface area contributed by atoms with Crippen molar-refractivity contribution >= 4 is 23.1 Å². The number of ketones is 1. The normalized spacial score (nSPS) is 19.9. The number of ether oxygens (including phenoxy) is 2. The summed E-state index contributed by atoms with van der Waals surface area (Å²) >= 11 is 0. The number of hydrogen-bond donors (Lipinski definition) is 1. The number of carbonyl (C=O) groups excluding carboxylic acids is 2. The van der Waals surface area contributed by atoms with E-state index in [1.807, 2.05) is 57.1 Å². The summed E-state index contributed by atoms with van der Waals surface area (Å²) in [5.74, 6) is -0.680. The second-order valence-corrected chi connectivity index (χ2v) is 9.76. The van der Waals surface area contributed by atoms with E-state index in [1.54, 1.807) is 23.1 Å². The summed E-state index contributed by atoms with van der Waals surface area (Å²) in [7, 11) is 3.92. The molecule has 1 unspecified atom stereocenters. The van der Waals surface area contributed by atoms with Crippen molar-refractivity contribution in [2.75, 3.05) is 65.0 Å². The fourth-order valence-corrected chi connectivity index (χ4v) is 4.81. The smallest absolute Gasteiger partial charge is 0.295 e. The van der Waals surface area contributed by atoms with Crippen molar-refractivity contribution in [1.82, 2.24) is 9.80 Å². The van der Waals surface area contributed by atoms with Gasteiger partial charge in [0.2, 0.25) is 0 Å². The molecule has 2 heterocycles. The van der Waals surface area contributed by atoms with Crippen LogP contribution in [0.2, 0.25) is 0 Å². The molecule has 8 nitrogen and oxygen atoms in total. The van der Waals surface area contributed by atoms with Gasteiger partial charge in [0.25, 0.3) is 11.7 Å². The number of amides is 1. The summed E-state index contributed by atoms with van der Waals surface area (Å²) in [4.78, 5) is 32.5. The fraction of sp³-hybridized carbons (Fsp3) is 0.448. The molecule has 2 aliphatic heterocycles. The number of likely N-dealkylation sites (tertiary alicyclic amines) is 1. The van der Waals surface area contributed by atoms with Gasteiger partial charge in [0.05, 0.1) is 31.4 Å². The summed E-state index contributed by atoms with van der Waals surface area (Å²) in [5.41, 5.74) is 3.25. The van der Waals surface area contributed by atoms with Crippen LogP contribution in [0.15, 0.2) is 48.0 Å². The second-order valence-electron chi connectivity index (χ2n) is 9.76. The Hall–Kier alpha value is -3.36. The van der Waals surface area contributed by atoms with Gasteiger partial charge in [-0.15, -0.1) is 0 Å². The molecule has 0 saturated carbocycles. The van der Waals surface area contributed by atoms with Crippen LogP contribution in [0.1, 0.15) is 36.1 Å². The Bertz CT molecular complexity index is 1150. The molecule has 0 aromatic heterocycles. The van der Waals surface area contributed by atoms with Gasteiger partial charge >= 0.3 is 0 Å². The van der Waals surface area contributed by atoms with Crippen LogP contribution >= 0.6 is 0 Å². The molecular formula is C29H37N3O5. The predicted molar refractivity (Wildman–Crippen MR) is 144 cm³/mol. The van der Waals surface area contributed by atoms with E-state index >= 15 is 0 Å². The van der Waals surface area contributed by atoms with Crippen molar-refractivity contribution in [1.29, 1.82) is 0 Å². The van der Waals surface area contributed by atoms with Crippen LogP contribution in [0.4, 0.5) is 5.69 Å². The molecule has 198 valence electrons. The first-order valence-corrected chi connectivity index (χ1v) is 12.9. The lowest BCUT2D eigenvalue weighted by molar-refractivity contribution is -0.140. The van der Waals surface area contributed by atoms with Crippen molar-refractivity contribution in [3.8, 4) is 5.75 Å². The molecule has 2 fully saturated rings. The van der Waals surface area contributed by atoms with Gasteiger partial charge in [0.15, 0.2) is 0 Å². The number of hydrogen-bond acceptors (Lipinski definition) is 7. The number of anilines is 1. The van der Waals surface area contributed by atoms with Crippen LogP contribution in [-0.2, 0) is 14.3 Å². The van der Waals surface area contributed by atoms with Gasteiger partial charge in [0.1, 0.15) is 11.5 Å². The third-order valence-electron chi connectivity index (χ3n) is 6.94. The van der Waals surface area contributed by atoms with E-state index in [2.05, 4.69) is 4.90 Å². The highest BCUT2D eigenvalue weighted by atomic mass is 16.5. The molecule has 2 aromatic rings. The average Bonchev–Trinajstić information content (AvgIpc) is 3.16. The molecule has 0 aliphatic carbocycles. The number of carbonyl (C=O) groups is 2. The second kappa shape index (κ2) is 11.8. The average molecular weight is 508 g/mol. The van der Waals surface area contributed by atoms with Gasteiger partial charge in [-0.05, 0) is 54.8 Å². The molecule has 8 heteroatoms. The number of aliphatic hydroxyl groups is 1. The van der Waals surface area contributed by atoms with Crippen molar-refractivity contribution in [2.24, 2.45) is 0 Å². The molecule has 0 spiro atoms. The number of rotatable bonds is 9. The standard InChI is InChI=1S/C29H37N3O5/c1-5-16-37-24-11-8-22(19-20(24)2)27(33)25-26(21-6-9-23(10-7-21)30(3)4)32(29(35)28(25)34)13-12-31-14-17-36-18-15-31/h6-11,19,26,33H,5,12-18H2,1-4H3/b27-25+. The van der Waals surface area contributed by atoms with Gasteiger partial charge in [-0.3, -0.25) is 14.5 Å². The minimum atomic E-state index is -0.673. The van der Waals surface area contributed by atoms with Gasteiger partial charge in [-0.1, -0.05) is 19.1 Å². The summed E-state index contributed by atoms with van der Waals surface area (Å²) in [5, 5.41) is 11.4. The molecular weight excluding hydrogens is 470 g/mol. The van der Waals surface area contributed by atoms with E-state index in [0.29, 0.717) is 38.5 Å². The predicted octanol–water partition coefficient (Wildman–Crippen LogP) is 3.60. The summed E-state index contributed by atoms with van der Waals surface area (Å²) in [6, 6.07) is 12.4. The maximum absolute atomic E-state index is 13.4. The van der Waals surface area contributed by atoms with E-state index in [0.717, 1.165) is 42.1 Å². The van der Waals surface area contributed by atoms with E-state index < -0.39 is 17.7 Å². The minimum Gasteiger partial charge on any atom is -0.507 e.